The largest absolute Gasteiger partial charge is 0.351 e. The Morgan fingerprint density at radius 3 is 2.82 bits per heavy atom. The summed E-state index contributed by atoms with van der Waals surface area (Å²) < 4.78 is 1.45. The third-order valence-corrected chi connectivity index (χ3v) is 4.76. The van der Waals surface area contributed by atoms with Crippen molar-refractivity contribution < 1.29 is 9.59 Å². The number of carbonyl (C=O) groups is 2. The molecule has 2 heterocycles. The average molecular weight is 383 g/mol. The Hall–Kier alpha value is -3.00. The van der Waals surface area contributed by atoms with Gasteiger partial charge in [0.15, 0.2) is 0 Å². The first kappa shape index (κ1) is 19.8. The maximum atomic E-state index is 13.3. The van der Waals surface area contributed by atoms with E-state index in [1.807, 2.05) is 20.2 Å². The minimum atomic E-state index is -0.619. The molecule has 2 aromatic rings. The van der Waals surface area contributed by atoms with Crippen LogP contribution in [0.5, 0.6) is 0 Å². The first-order chi connectivity index (χ1) is 13.3. The van der Waals surface area contributed by atoms with E-state index in [0.29, 0.717) is 40.8 Å². The third kappa shape index (κ3) is 3.96. The Morgan fingerprint density at radius 2 is 2.14 bits per heavy atom. The van der Waals surface area contributed by atoms with Crippen LogP contribution < -0.4 is 16.2 Å². The van der Waals surface area contributed by atoms with Gasteiger partial charge >= 0.3 is 0 Å². The molecule has 0 spiro atoms. The maximum Gasteiger partial charge on any atom is 0.262 e. The highest BCUT2D eigenvalue weighted by Gasteiger charge is 2.28. The summed E-state index contributed by atoms with van der Waals surface area (Å²) in [6, 6.07) is 4.75. The van der Waals surface area contributed by atoms with Crippen LogP contribution in [0.2, 0.25) is 0 Å². The fourth-order valence-electron chi connectivity index (χ4n) is 3.48. The van der Waals surface area contributed by atoms with Crippen LogP contribution in [0.3, 0.4) is 0 Å². The van der Waals surface area contributed by atoms with Crippen LogP contribution in [0, 0.1) is 6.92 Å². The fourth-order valence-corrected chi connectivity index (χ4v) is 3.48. The molecule has 0 radical (unpaired) electrons. The molecular weight excluding hydrogens is 358 g/mol. The lowest BCUT2D eigenvalue weighted by atomic mass is 10.0. The molecule has 1 aromatic carbocycles. The smallest absolute Gasteiger partial charge is 0.262 e. The van der Waals surface area contributed by atoms with Crippen LogP contribution in [0.1, 0.15) is 30.3 Å². The van der Waals surface area contributed by atoms with Gasteiger partial charge in [0.25, 0.3) is 5.56 Å². The first-order valence-corrected chi connectivity index (χ1v) is 9.18. The minimum Gasteiger partial charge on any atom is -0.351 e. The van der Waals surface area contributed by atoms with Gasteiger partial charge in [0.1, 0.15) is 11.9 Å². The van der Waals surface area contributed by atoms with E-state index < -0.39 is 6.04 Å². The number of rotatable bonds is 5. The number of aromatic nitrogens is 2. The Labute approximate surface area is 163 Å². The summed E-state index contributed by atoms with van der Waals surface area (Å²) in [4.78, 5) is 44.0. The second-order valence-corrected chi connectivity index (χ2v) is 7.31. The molecule has 2 amide bonds. The van der Waals surface area contributed by atoms with Gasteiger partial charge in [-0.15, -0.1) is 0 Å². The van der Waals surface area contributed by atoms with Crippen molar-refractivity contribution in [2.75, 3.05) is 20.6 Å². The lowest BCUT2D eigenvalue weighted by Crippen LogP contribution is -2.41. The van der Waals surface area contributed by atoms with Crippen molar-refractivity contribution in [3.8, 4) is 0 Å². The van der Waals surface area contributed by atoms with E-state index in [4.69, 9.17) is 0 Å². The van der Waals surface area contributed by atoms with E-state index in [0.717, 1.165) is 0 Å². The van der Waals surface area contributed by atoms with Gasteiger partial charge in [0, 0.05) is 12.2 Å². The van der Waals surface area contributed by atoms with Gasteiger partial charge < -0.3 is 15.5 Å². The molecule has 1 saturated heterocycles. The lowest BCUT2D eigenvalue weighted by Gasteiger charge is -2.26. The van der Waals surface area contributed by atoms with Crippen LogP contribution in [-0.2, 0) is 16.1 Å². The van der Waals surface area contributed by atoms with Gasteiger partial charge in [-0.05, 0) is 45.5 Å². The van der Waals surface area contributed by atoms with Crippen molar-refractivity contribution in [2.45, 2.75) is 32.4 Å². The van der Waals surface area contributed by atoms with Crippen molar-refractivity contribution in [1.82, 2.24) is 25.1 Å². The Balaban J connectivity index is 2.01. The third-order valence-electron chi connectivity index (χ3n) is 4.76. The average Bonchev–Trinajstić information content (AvgIpc) is 2.60. The number of benzene rings is 1. The summed E-state index contributed by atoms with van der Waals surface area (Å²) in [5, 5.41) is 5.98. The highest BCUT2D eigenvalue weighted by molar-refractivity contribution is 5.85. The van der Waals surface area contributed by atoms with E-state index in [1.165, 1.54) is 4.57 Å². The second-order valence-electron chi connectivity index (χ2n) is 7.31. The standard InChI is InChI=1S/C20H25N5O3/c1-12-8-9-16(19(27)22-12)25-13(2)23-15-7-5-6-14(18(15)20(25)28)10-21-17(26)11-24(3)4/h5-7,16H,1,8-11H2,2-4H3,(H,21,26)(H,22,27). The molecule has 1 aliphatic heterocycles. The highest BCUT2D eigenvalue weighted by Crippen LogP contribution is 2.23. The maximum absolute atomic E-state index is 13.3. The molecule has 148 valence electrons. The van der Waals surface area contributed by atoms with Crippen molar-refractivity contribution in [1.29, 1.82) is 0 Å². The molecule has 3 rings (SSSR count). The van der Waals surface area contributed by atoms with E-state index in [2.05, 4.69) is 22.2 Å². The summed E-state index contributed by atoms with van der Waals surface area (Å²) in [6.45, 7) is 5.99. The molecular formula is C20H25N5O3. The SMILES string of the molecule is C=C1CCC(n2c(C)nc3cccc(CNC(=O)CN(C)C)c3c2=O)C(=O)N1. The summed E-state index contributed by atoms with van der Waals surface area (Å²) in [5.41, 5.74) is 1.62. The number of hydrogen-bond donors (Lipinski definition) is 2. The van der Waals surface area contributed by atoms with E-state index >= 15 is 0 Å². The second kappa shape index (κ2) is 7.93. The number of allylic oxidation sites excluding steroid dienone is 1. The Kier molecular flexibility index (Phi) is 5.60. The number of carbonyl (C=O) groups excluding carboxylic acids is 2. The molecule has 1 aliphatic rings. The van der Waals surface area contributed by atoms with E-state index in [1.54, 1.807) is 24.0 Å². The highest BCUT2D eigenvalue weighted by atomic mass is 16.2. The summed E-state index contributed by atoms with van der Waals surface area (Å²) in [6.07, 6.45) is 1.11. The molecule has 1 atom stereocenters. The molecule has 2 N–H and O–H groups in total. The van der Waals surface area contributed by atoms with Crippen LogP contribution in [0.4, 0.5) is 0 Å². The van der Waals surface area contributed by atoms with Crippen LogP contribution in [0.15, 0.2) is 35.3 Å². The first-order valence-electron chi connectivity index (χ1n) is 9.18. The number of likely N-dealkylation sites (N-methyl/N-ethyl adjacent to an activating group) is 1. The number of nitrogens with one attached hydrogen (secondary N) is 2. The summed E-state index contributed by atoms with van der Waals surface area (Å²) in [7, 11) is 3.62. The van der Waals surface area contributed by atoms with Gasteiger partial charge in [-0.25, -0.2) is 4.98 Å². The number of aryl methyl sites for hydroxylation is 1. The number of piperidine rings is 1. The monoisotopic (exact) mass is 383 g/mol. The summed E-state index contributed by atoms with van der Waals surface area (Å²) in [5.74, 6) is 0.103. The van der Waals surface area contributed by atoms with Gasteiger partial charge in [-0.1, -0.05) is 18.7 Å². The topological polar surface area (TPSA) is 96.3 Å². The predicted molar refractivity (Wildman–Crippen MR) is 107 cm³/mol. The van der Waals surface area contributed by atoms with Crippen molar-refractivity contribution in [2.24, 2.45) is 0 Å². The lowest BCUT2D eigenvalue weighted by molar-refractivity contribution is -0.125. The Morgan fingerprint density at radius 1 is 1.39 bits per heavy atom. The molecule has 8 nitrogen and oxygen atoms in total. The number of amides is 2. The Bertz CT molecular complexity index is 1010. The minimum absolute atomic E-state index is 0.132. The quantitative estimate of drug-likeness (QED) is 0.798. The summed E-state index contributed by atoms with van der Waals surface area (Å²) >= 11 is 0. The number of nitrogens with zero attached hydrogens (tertiary/aromatic N) is 3. The van der Waals surface area contributed by atoms with E-state index in [9.17, 15) is 14.4 Å². The fraction of sp³-hybridized carbons (Fsp3) is 0.400. The van der Waals surface area contributed by atoms with Gasteiger partial charge in [-0.3, -0.25) is 19.0 Å². The van der Waals surface area contributed by atoms with Crippen molar-refractivity contribution >= 4 is 22.7 Å². The zero-order valence-electron chi connectivity index (χ0n) is 16.4. The number of hydrogen-bond acceptors (Lipinski definition) is 5. The molecule has 0 bridgehead atoms. The van der Waals surface area contributed by atoms with Crippen LogP contribution in [0.25, 0.3) is 10.9 Å². The predicted octanol–water partition coefficient (Wildman–Crippen LogP) is 0.848. The molecule has 0 aliphatic carbocycles. The molecule has 1 unspecified atom stereocenters. The van der Waals surface area contributed by atoms with Crippen LogP contribution in [-0.4, -0.2) is 46.9 Å². The number of fused-ring (bicyclic) bond motifs is 1. The molecule has 8 heteroatoms. The van der Waals surface area contributed by atoms with Crippen molar-refractivity contribution in [3.63, 3.8) is 0 Å². The van der Waals surface area contributed by atoms with Crippen molar-refractivity contribution in [3.05, 3.63) is 52.2 Å². The van der Waals surface area contributed by atoms with E-state index in [-0.39, 0.29) is 30.5 Å². The zero-order chi connectivity index (χ0) is 20.4. The molecule has 1 aromatic heterocycles. The molecule has 0 saturated carbocycles. The molecule has 1 fully saturated rings. The van der Waals surface area contributed by atoms with Gasteiger partial charge in [0.2, 0.25) is 11.8 Å². The zero-order valence-corrected chi connectivity index (χ0v) is 16.4. The van der Waals surface area contributed by atoms with Crippen LogP contribution >= 0.6 is 0 Å². The van der Waals surface area contributed by atoms with Gasteiger partial charge in [-0.2, -0.15) is 0 Å². The molecule has 28 heavy (non-hydrogen) atoms. The van der Waals surface area contributed by atoms with Gasteiger partial charge in [0.05, 0.1) is 17.4 Å². The normalized spacial score (nSPS) is 17.1.